The van der Waals surface area contributed by atoms with E-state index in [0.29, 0.717) is 11.3 Å². The zero-order valence-corrected chi connectivity index (χ0v) is 10.5. The van der Waals surface area contributed by atoms with Gasteiger partial charge in [-0.25, -0.2) is 12.8 Å². The van der Waals surface area contributed by atoms with E-state index < -0.39 is 21.6 Å². The number of halogens is 1. The van der Waals surface area contributed by atoms with Gasteiger partial charge >= 0.3 is 0 Å². The first kappa shape index (κ1) is 13.6. The van der Waals surface area contributed by atoms with Crippen LogP contribution in [0.15, 0.2) is 18.2 Å². The third kappa shape index (κ3) is 4.95. The maximum atomic E-state index is 13.2. The lowest BCUT2D eigenvalue weighted by Crippen LogP contribution is -2.16. The molecule has 0 saturated carbocycles. The van der Waals surface area contributed by atoms with E-state index in [2.05, 4.69) is 5.32 Å². The molecule has 1 rings (SSSR count). The second kappa shape index (κ2) is 5.27. The molecule has 0 radical (unpaired) electrons. The molecule has 0 saturated heterocycles. The number of hydrogen-bond donors (Lipinski definition) is 1. The summed E-state index contributed by atoms with van der Waals surface area (Å²) in [5.41, 5.74) is 0.811. The zero-order valence-electron chi connectivity index (χ0n) is 9.66. The maximum absolute atomic E-state index is 13.2. The summed E-state index contributed by atoms with van der Waals surface area (Å²) >= 11 is 0. The predicted octanol–water partition coefficient (Wildman–Crippen LogP) is 1.51. The SMILES string of the molecule is Cc1ccc(NC(=O)CCS(C)(=O)=O)cc1F. The number of carbonyl (C=O) groups excluding carboxylic acids is 1. The molecule has 1 N–H and O–H groups in total. The van der Waals surface area contributed by atoms with Crippen LogP contribution in [0.4, 0.5) is 10.1 Å². The fraction of sp³-hybridized carbons (Fsp3) is 0.364. The van der Waals surface area contributed by atoms with Crippen molar-refractivity contribution in [3.8, 4) is 0 Å². The highest BCUT2D eigenvalue weighted by Crippen LogP contribution is 2.13. The molecule has 6 heteroatoms. The highest BCUT2D eigenvalue weighted by molar-refractivity contribution is 7.90. The molecule has 17 heavy (non-hydrogen) atoms. The molecule has 1 aromatic carbocycles. The molecule has 4 nitrogen and oxygen atoms in total. The van der Waals surface area contributed by atoms with Crippen LogP contribution in [-0.2, 0) is 14.6 Å². The highest BCUT2D eigenvalue weighted by atomic mass is 32.2. The van der Waals surface area contributed by atoms with E-state index in [1.807, 2.05) is 0 Å². The van der Waals surface area contributed by atoms with Gasteiger partial charge in [0.15, 0.2) is 0 Å². The second-order valence-corrected chi connectivity index (χ2v) is 6.15. The molecule has 0 bridgehead atoms. The van der Waals surface area contributed by atoms with E-state index in [4.69, 9.17) is 0 Å². The Morgan fingerprint density at radius 3 is 2.59 bits per heavy atom. The number of sulfone groups is 1. The number of carbonyl (C=O) groups is 1. The van der Waals surface area contributed by atoms with Crippen molar-refractivity contribution in [2.75, 3.05) is 17.3 Å². The van der Waals surface area contributed by atoms with E-state index in [-0.39, 0.29) is 12.2 Å². The molecule has 0 atom stereocenters. The smallest absolute Gasteiger partial charge is 0.225 e. The summed E-state index contributed by atoms with van der Waals surface area (Å²) < 4.78 is 34.9. The van der Waals surface area contributed by atoms with Crippen molar-refractivity contribution in [2.45, 2.75) is 13.3 Å². The van der Waals surface area contributed by atoms with Crippen molar-refractivity contribution in [1.29, 1.82) is 0 Å². The molecular weight excluding hydrogens is 245 g/mol. The first-order chi connectivity index (χ1) is 7.78. The Bertz CT molecular complexity index is 526. The largest absolute Gasteiger partial charge is 0.326 e. The summed E-state index contributed by atoms with van der Waals surface area (Å²) in [6, 6.07) is 4.31. The predicted molar refractivity (Wildman–Crippen MR) is 64.1 cm³/mol. The van der Waals surface area contributed by atoms with Gasteiger partial charge in [0.1, 0.15) is 15.7 Å². The minimum Gasteiger partial charge on any atom is -0.326 e. The van der Waals surface area contributed by atoms with Crippen molar-refractivity contribution in [2.24, 2.45) is 0 Å². The molecule has 0 spiro atoms. The van der Waals surface area contributed by atoms with Crippen LogP contribution in [0.1, 0.15) is 12.0 Å². The minimum absolute atomic E-state index is 0.131. The van der Waals surface area contributed by atoms with Gasteiger partial charge in [0, 0.05) is 18.4 Å². The molecule has 0 fully saturated rings. The van der Waals surface area contributed by atoms with Gasteiger partial charge in [-0.05, 0) is 24.6 Å². The van der Waals surface area contributed by atoms with Crippen LogP contribution in [-0.4, -0.2) is 26.3 Å². The van der Waals surface area contributed by atoms with Crippen LogP contribution >= 0.6 is 0 Å². The van der Waals surface area contributed by atoms with E-state index >= 15 is 0 Å². The molecule has 0 aliphatic rings. The second-order valence-electron chi connectivity index (χ2n) is 3.89. The number of nitrogens with one attached hydrogen (secondary N) is 1. The summed E-state index contributed by atoms with van der Waals surface area (Å²) in [5.74, 6) is -1.07. The lowest BCUT2D eigenvalue weighted by Gasteiger charge is -2.05. The Hall–Kier alpha value is -1.43. The van der Waals surface area contributed by atoms with Gasteiger partial charge in [-0.1, -0.05) is 6.07 Å². The van der Waals surface area contributed by atoms with E-state index in [9.17, 15) is 17.6 Å². The molecule has 0 aliphatic heterocycles. The van der Waals surface area contributed by atoms with Crippen molar-refractivity contribution in [1.82, 2.24) is 0 Å². The number of hydrogen-bond acceptors (Lipinski definition) is 3. The lowest BCUT2D eigenvalue weighted by molar-refractivity contribution is -0.115. The van der Waals surface area contributed by atoms with Gasteiger partial charge in [-0.15, -0.1) is 0 Å². The molecule has 0 aromatic heterocycles. The van der Waals surface area contributed by atoms with Crippen molar-refractivity contribution >= 4 is 21.4 Å². The van der Waals surface area contributed by atoms with E-state index in [0.717, 1.165) is 6.26 Å². The fourth-order valence-electron chi connectivity index (χ4n) is 1.17. The summed E-state index contributed by atoms with van der Waals surface area (Å²) in [4.78, 5) is 11.4. The minimum atomic E-state index is -3.16. The number of rotatable bonds is 4. The first-order valence-electron chi connectivity index (χ1n) is 5.01. The number of benzene rings is 1. The summed E-state index contributed by atoms with van der Waals surface area (Å²) in [7, 11) is -3.16. The van der Waals surface area contributed by atoms with E-state index in [1.165, 1.54) is 6.07 Å². The van der Waals surface area contributed by atoms with Crippen LogP contribution in [0.3, 0.4) is 0 Å². The lowest BCUT2D eigenvalue weighted by atomic mass is 10.2. The molecule has 0 unspecified atom stereocenters. The number of amides is 1. The molecule has 0 aliphatic carbocycles. The van der Waals surface area contributed by atoms with Crippen molar-refractivity contribution in [3.05, 3.63) is 29.6 Å². The van der Waals surface area contributed by atoms with Gasteiger partial charge in [-0.3, -0.25) is 4.79 Å². The Kier molecular flexibility index (Phi) is 4.22. The van der Waals surface area contributed by atoms with Gasteiger partial charge in [0.2, 0.25) is 5.91 Å². The molecular formula is C11H14FNO3S. The Morgan fingerprint density at radius 1 is 1.41 bits per heavy atom. The van der Waals surface area contributed by atoms with E-state index in [1.54, 1.807) is 19.1 Å². The van der Waals surface area contributed by atoms with Crippen molar-refractivity contribution < 1.29 is 17.6 Å². The zero-order chi connectivity index (χ0) is 13.1. The monoisotopic (exact) mass is 259 g/mol. The molecule has 94 valence electrons. The maximum Gasteiger partial charge on any atom is 0.225 e. The Balaban J connectivity index is 2.59. The van der Waals surface area contributed by atoms with Crippen LogP contribution in [0.5, 0.6) is 0 Å². The van der Waals surface area contributed by atoms with Crippen LogP contribution in [0.25, 0.3) is 0 Å². The normalized spacial score (nSPS) is 11.2. The summed E-state index contributed by atoms with van der Waals surface area (Å²) in [6.07, 6.45) is 0.931. The average molecular weight is 259 g/mol. The van der Waals surface area contributed by atoms with Gasteiger partial charge < -0.3 is 5.32 Å². The van der Waals surface area contributed by atoms with Gasteiger partial charge in [-0.2, -0.15) is 0 Å². The number of aryl methyl sites for hydroxylation is 1. The number of anilines is 1. The standard InChI is InChI=1S/C11H14FNO3S/c1-8-3-4-9(7-10(8)12)13-11(14)5-6-17(2,15)16/h3-4,7H,5-6H2,1-2H3,(H,13,14). The van der Waals surface area contributed by atoms with Crippen LogP contribution in [0, 0.1) is 12.7 Å². The Morgan fingerprint density at radius 2 is 2.06 bits per heavy atom. The summed E-state index contributed by atoms with van der Waals surface area (Å²) in [5, 5.41) is 2.44. The van der Waals surface area contributed by atoms with Gasteiger partial charge in [0.25, 0.3) is 0 Å². The van der Waals surface area contributed by atoms with Gasteiger partial charge in [0.05, 0.1) is 5.75 Å². The first-order valence-corrected chi connectivity index (χ1v) is 7.08. The molecule has 1 aromatic rings. The highest BCUT2D eigenvalue weighted by Gasteiger charge is 2.08. The Labute approximate surface area is 99.8 Å². The average Bonchev–Trinajstić information content (AvgIpc) is 2.20. The third-order valence-electron chi connectivity index (χ3n) is 2.16. The van der Waals surface area contributed by atoms with Crippen LogP contribution < -0.4 is 5.32 Å². The summed E-state index contributed by atoms with van der Waals surface area (Å²) in [6.45, 7) is 1.62. The fourth-order valence-corrected chi connectivity index (χ4v) is 1.73. The van der Waals surface area contributed by atoms with Crippen molar-refractivity contribution in [3.63, 3.8) is 0 Å². The topological polar surface area (TPSA) is 63.2 Å². The molecule has 1 amide bonds. The quantitative estimate of drug-likeness (QED) is 0.891. The van der Waals surface area contributed by atoms with Crippen LogP contribution in [0.2, 0.25) is 0 Å². The third-order valence-corrected chi connectivity index (χ3v) is 3.10. The molecule has 0 heterocycles.